The van der Waals surface area contributed by atoms with Gasteiger partial charge in [0.2, 0.25) is 0 Å². The summed E-state index contributed by atoms with van der Waals surface area (Å²) in [5, 5.41) is 3.35. The van der Waals surface area contributed by atoms with E-state index in [1.165, 1.54) is 0 Å². The van der Waals surface area contributed by atoms with Crippen LogP contribution in [0.4, 0.5) is 4.79 Å². The molecule has 2 heterocycles. The molecule has 0 aliphatic carbocycles. The van der Waals surface area contributed by atoms with E-state index in [2.05, 4.69) is 24.1 Å². The van der Waals surface area contributed by atoms with Gasteiger partial charge in [-0.05, 0) is 13.1 Å². The number of nitrogens with one attached hydrogen (secondary N) is 1. The maximum atomic E-state index is 12.1. The molecule has 1 unspecified atom stereocenters. The Morgan fingerprint density at radius 1 is 1.41 bits per heavy atom. The number of urea groups is 1. The van der Waals surface area contributed by atoms with Gasteiger partial charge in [-0.2, -0.15) is 0 Å². The van der Waals surface area contributed by atoms with E-state index in [9.17, 15) is 4.79 Å². The van der Waals surface area contributed by atoms with Crippen molar-refractivity contribution in [2.45, 2.75) is 19.9 Å². The lowest BCUT2D eigenvalue weighted by Crippen LogP contribution is -2.49. The molecule has 0 bridgehead atoms. The monoisotopic (exact) mass is 240 g/mol. The first-order valence-corrected chi connectivity index (χ1v) is 6.74. The van der Waals surface area contributed by atoms with Gasteiger partial charge >= 0.3 is 6.03 Å². The predicted molar refractivity (Wildman–Crippen MR) is 68.1 cm³/mol. The number of amides is 2. The molecule has 0 aromatic rings. The van der Waals surface area contributed by atoms with Crippen LogP contribution in [0.1, 0.15) is 13.8 Å². The first-order valence-electron chi connectivity index (χ1n) is 6.74. The number of fused-ring (bicyclic) bond motifs is 1. The molecule has 0 saturated carbocycles. The molecule has 0 radical (unpaired) electrons. The molecule has 2 aliphatic heterocycles. The number of nitrogens with zero attached hydrogens (tertiary/aromatic N) is 3. The summed E-state index contributed by atoms with van der Waals surface area (Å²) in [4.78, 5) is 18.5. The lowest BCUT2D eigenvalue weighted by Gasteiger charge is -2.28. The molecule has 2 fully saturated rings. The zero-order chi connectivity index (χ0) is 12.3. The van der Waals surface area contributed by atoms with Crippen molar-refractivity contribution in [1.29, 1.82) is 0 Å². The van der Waals surface area contributed by atoms with E-state index in [-0.39, 0.29) is 6.03 Å². The van der Waals surface area contributed by atoms with Gasteiger partial charge in [-0.1, -0.05) is 13.8 Å². The minimum atomic E-state index is 0.239. The van der Waals surface area contributed by atoms with Crippen molar-refractivity contribution in [3.63, 3.8) is 0 Å². The van der Waals surface area contributed by atoms with Gasteiger partial charge in [0.15, 0.2) is 0 Å². The van der Waals surface area contributed by atoms with Gasteiger partial charge in [0.25, 0.3) is 0 Å². The lowest BCUT2D eigenvalue weighted by molar-refractivity contribution is 0.175. The minimum Gasteiger partial charge on any atom is -0.321 e. The fourth-order valence-corrected chi connectivity index (χ4v) is 2.68. The zero-order valence-electron chi connectivity index (χ0n) is 11.0. The third-order valence-corrected chi connectivity index (χ3v) is 3.88. The average molecular weight is 240 g/mol. The van der Waals surface area contributed by atoms with Gasteiger partial charge in [-0.25, -0.2) is 4.79 Å². The number of piperazine rings is 1. The van der Waals surface area contributed by atoms with Gasteiger partial charge in [0, 0.05) is 39.3 Å². The molecule has 2 amide bonds. The Balaban J connectivity index is 1.84. The van der Waals surface area contributed by atoms with Crippen molar-refractivity contribution in [2.75, 3.05) is 52.4 Å². The van der Waals surface area contributed by atoms with E-state index in [0.29, 0.717) is 6.04 Å². The summed E-state index contributed by atoms with van der Waals surface area (Å²) in [5.41, 5.74) is 0. The third-order valence-electron chi connectivity index (χ3n) is 3.88. The van der Waals surface area contributed by atoms with Crippen molar-refractivity contribution < 1.29 is 4.79 Å². The molecule has 5 nitrogen and oxygen atoms in total. The second-order valence-electron chi connectivity index (χ2n) is 4.81. The van der Waals surface area contributed by atoms with Crippen LogP contribution in [0.3, 0.4) is 0 Å². The fourth-order valence-electron chi connectivity index (χ4n) is 2.68. The van der Waals surface area contributed by atoms with Gasteiger partial charge in [0.05, 0.1) is 6.04 Å². The molecule has 0 aromatic carbocycles. The third kappa shape index (κ3) is 2.72. The molecule has 5 heteroatoms. The standard InChI is InChI=1S/C12H24N4O/c1-3-14(4-2)7-8-15-10-11-9-13-5-6-16(11)12(15)17/h11,13H,3-10H2,1-2H3. The number of rotatable bonds is 5. The highest BCUT2D eigenvalue weighted by molar-refractivity contribution is 5.77. The van der Waals surface area contributed by atoms with E-state index in [1.807, 2.05) is 9.80 Å². The molecule has 17 heavy (non-hydrogen) atoms. The maximum Gasteiger partial charge on any atom is 0.320 e. The van der Waals surface area contributed by atoms with Crippen molar-refractivity contribution in [1.82, 2.24) is 20.0 Å². The number of likely N-dealkylation sites (N-methyl/N-ethyl adjacent to an activating group) is 1. The quantitative estimate of drug-likeness (QED) is 0.737. The van der Waals surface area contributed by atoms with Crippen LogP contribution >= 0.6 is 0 Å². The fraction of sp³-hybridized carbons (Fsp3) is 0.917. The highest BCUT2D eigenvalue weighted by Gasteiger charge is 2.37. The van der Waals surface area contributed by atoms with Crippen LogP contribution < -0.4 is 5.32 Å². The summed E-state index contributed by atoms with van der Waals surface area (Å²) >= 11 is 0. The minimum absolute atomic E-state index is 0.239. The Morgan fingerprint density at radius 3 is 2.82 bits per heavy atom. The lowest BCUT2D eigenvalue weighted by atomic mass is 10.2. The second-order valence-corrected chi connectivity index (χ2v) is 4.81. The van der Waals surface area contributed by atoms with Crippen LogP contribution in [0, 0.1) is 0 Å². The smallest absolute Gasteiger partial charge is 0.320 e. The Bertz CT molecular complexity index is 267. The molecule has 2 aliphatic rings. The summed E-state index contributed by atoms with van der Waals surface area (Å²) in [6.07, 6.45) is 0. The molecular weight excluding hydrogens is 216 g/mol. The van der Waals surface area contributed by atoms with Crippen LogP contribution in [-0.4, -0.2) is 79.1 Å². The normalized spacial score (nSPS) is 24.6. The molecular formula is C12H24N4O. The Kier molecular flexibility index (Phi) is 4.23. The van der Waals surface area contributed by atoms with Crippen molar-refractivity contribution in [3.8, 4) is 0 Å². The zero-order valence-corrected chi connectivity index (χ0v) is 11.0. The van der Waals surface area contributed by atoms with Crippen LogP contribution in [0.25, 0.3) is 0 Å². The van der Waals surface area contributed by atoms with Crippen molar-refractivity contribution in [3.05, 3.63) is 0 Å². The summed E-state index contributed by atoms with van der Waals surface area (Å²) in [7, 11) is 0. The first-order chi connectivity index (χ1) is 8.26. The molecule has 2 saturated heterocycles. The van der Waals surface area contributed by atoms with Crippen LogP contribution in [0.5, 0.6) is 0 Å². The molecule has 2 rings (SSSR count). The van der Waals surface area contributed by atoms with Crippen LogP contribution in [-0.2, 0) is 0 Å². The maximum absolute atomic E-state index is 12.1. The van der Waals surface area contributed by atoms with Gasteiger partial charge in [-0.3, -0.25) is 0 Å². The Hall–Kier alpha value is -0.810. The van der Waals surface area contributed by atoms with E-state index in [4.69, 9.17) is 0 Å². The van der Waals surface area contributed by atoms with E-state index >= 15 is 0 Å². The molecule has 0 aromatic heterocycles. The van der Waals surface area contributed by atoms with Crippen molar-refractivity contribution >= 4 is 6.03 Å². The summed E-state index contributed by atoms with van der Waals surface area (Å²) < 4.78 is 0. The van der Waals surface area contributed by atoms with Gasteiger partial charge in [0.1, 0.15) is 0 Å². The Labute approximate surface area is 104 Å². The van der Waals surface area contributed by atoms with Gasteiger partial charge < -0.3 is 20.0 Å². The average Bonchev–Trinajstić information content (AvgIpc) is 2.68. The van der Waals surface area contributed by atoms with Crippen LogP contribution in [0.2, 0.25) is 0 Å². The second kappa shape index (κ2) is 5.69. The molecule has 1 N–H and O–H groups in total. The molecule has 98 valence electrons. The van der Waals surface area contributed by atoms with E-state index in [0.717, 1.165) is 52.4 Å². The predicted octanol–water partition coefficient (Wildman–Crippen LogP) is 0.0376. The SMILES string of the molecule is CCN(CC)CCN1CC2CNCCN2C1=O. The van der Waals surface area contributed by atoms with E-state index in [1.54, 1.807) is 0 Å². The van der Waals surface area contributed by atoms with E-state index < -0.39 is 0 Å². The largest absolute Gasteiger partial charge is 0.321 e. The molecule has 1 atom stereocenters. The number of hydrogen-bond donors (Lipinski definition) is 1. The Morgan fingerprint density at radius 2 is 2.18 bits per heavy atom. The highest BCUT2D eigenvalue weighted by atomic mass is 16.2. The molecule has 0 spiro atoms. The van der Waals surface area contributed by atoms with Crippen molar-refractivity contribution in [2.24, 2.45) is 0 Å². The number of hydrogen-bond acceptors (Lipinski definition) is 3. The van der Waals surface area contributed by atoms with Crippen LogP contribution in [0.15, 0.2) is 0 Å². The first kappa shape index (κ1) is 12.6. The topological polar surface area (TPSA) is 38.8 Å². The highest BCUT2D eigenvalue weighted by Crippen LogP contribution is 2.16. The summed E-state index contributed by atoms with van der Waals surface area (Å²) in [5.74, 6) is 0. The summed E-state index contributed by atoms with van der Waals surface area (Å²) in [6.45, 7) is 12.0. The van der Waals surface area contributed by atoms with Gasteiger partial charge in [-0.15, -0.1) is 0 Å². The number of carbonyl (C=O) groups excluding carboxylic acids is 1. The number of carbonyl (C=O) groups is 1. The summed E-state index contributed by atoms with van der Waals surface area (Å²) in [6, 6.07) is 0.636.